The molecule has 0 saturated heterocycles. The lowest BCUT2D eigenvalue weighted by atomic mass is 10.4. The van der Waals surface area contributed by atoms with Crippen molar-refractivity contribution in [2.45, 2.75) is 6.92 Å². The van der Waals surface area contributed by atoms with Crippen molar-refractivity contribution >= 4 is 39.0 Å². The van der Waals surface area contributed by atoms with Crippen LogP contribution in [0.5, 0.6) is 0 Å². The molecule has 0 aliphatic rings. The van der Waals surface area contributed by atoms with Crippen LogP contribution < -0.4 is 10.6 Å². The average molecular weight is 341 g/mol. The van der Waals surface area contributed by atoms with Gasteiger partial charge in [-0.1, -0.05) is 0 Å². The number of thiophene rings is 1. The Morgan fingerprint density at radius 2 is 2.11 bits per heavy atom. The van der Waals surface area contributed by atoms with Crippen LogP contribution in [0.1, 0.15) is 15.4 Å². The lowest BCUT2D eigenvalue weighted by Crippen LogP contribution is -2.28. The molecule has 0 unspecified atom stereocenters. The summed E-state index contributed by atoms with van der Waals surface area (Å²) >= 11 is 4.74. The first kappa shape index (κ1) is 14.0. The minimum absolute atomic E-state index is 0.0625. The Labute approximate surface area is 123 Å². The Bertz CT molecular complexity index is 555. The number of nitrogens with one attached hydrogen (secondary N) is 2. The van der Waals surface area contributed by atoms with E-state index in [1.54, 1.807) is 6.07 Å². The van der Waals surface area contributed by atoms with Crippen LogP contribution >= 0.6 is 27.3 Å². The van der Waals surface area contributed by atoms with Gasteiger partial charge < -0.3 is 10.6 Å². The van der Waals surface area contributed by atoms with Crippen LogP contribution in [-0.2, 0) is 0 Å². The molecular formula is C12H13BrN4OS. The zero-order valence-electron chi connectivity index (χ0n) is 10.3. The predicted molar refractivity (Wildman–Crippen MR) is 79.6 cm³/mol. The maximum atomic E-state index is 11.7. The quantitative estimate of drug-likeness (QED) is 0.820. The van der Waals surface area contributed by atoms with E-state index in [2.05, 4.69) is 36.8 Å². The summed E-state index contributed by atoms with van der Waals surface area (Å²) in [6.45, 7) is 3.02. The van der Waals surface area contributed by atoms with Crippen molar-refractivity contribution in [3.8, 4) is 0 Å². The molecule has 0 saturated carbocycles. The SMILES string of the molecule is Cc1ccc(NCCNC(=O)c2ccc(Br)s2)nn1. The minimum atomic E-state index is -0.0625. The molecule has 0 aliphatic carbocycles. The van der Waals surface area contributed by atoms with E-state index in [4.69, 9.17) is 0 Å². The number of anilines is 1. The van der Waals surface area contributed by atoms with Crippen molar-refractivity contribution in [2.24, 2.45) is 0 Å². The standard InChI is InChI=1S/C12H13BrN4OS/c1-8-2-5-11(17-16-8)14-6-7-15-12(18)9-3-4-10(13)19-9/h2-5H,6-7H2,1H3,(H,14,17)(H,15,18). The third kappa shape index (κ3) is 4.29. The molecule has 19 heavy (non-hydrogen) atoms. The first-order chi connectivity index (χ1) is 9.15. The van der Waals surface area contributed by atoms with E-state index in [1.165, 1.54) is 11.3 Å². The van der Waals surface area contributed by atoms with Crippen LogP contribution in [0.3, 0.4) is 0 Å². The molecular weight excluding hydrogens is 328 g/mol. The number of carbonyl (C=O) groups is 1. The highest BCUT2D eigenvalue weighted by atomic mass is 79.9. The van der Waals surface area contributed by atoms with Gasteiger partial charge in [0.05, 0.1) is 14.4 Å². The summed E-state index contributed by atoms with van der Waals surface area (Å²) in [5, 5.41) is 13.8. The number of hydrogen-bond donors (Lipinski definition) is 2. The van der Waals surface area contributed by atoms with E-state index < -0.39 is 0 Å². The molecule has 0 aliphatic heterocycles. The largest absolute Gasteiger partial charge is 0.367 e. The molecule has 100 valence electrons. The van der Waals surface area contributed by atoms with Crippen molar-refractivity contribution in [3.05, 3.63) is 38.6 Å². The Morgan fingerprint density at radius 3 is 2.74 bits per heavy atom. The smallest absolute Gasteiger partial charge is 0.261 e. The molecule has 0 fully saturated rings. The van der Waals surface area contributed by atoms with Gasteiger partial charge in [-0.05, 0) is 47.1 Å². The molecule has 0 spiro atoms. The third-order valence-corrected chi connectivity index (χ3v) is 3.93. The molecule has 0 bridgehead atoms. The van der Waals surface area contributed by atoms with E-state index in [0.717, 1.165) is 9.48 Å². The highest BCUT2D eigenvalue weighted by molar-refractivity contribution is 9.11. The molecule has 1 amide bonds. The highest BCUT2D eigenvalue weighted by Gasteiger charge is 2.07. The first-order valence-corrected chi connectivity index (χ1v) is 7.34. The summed E-state index contributed by atoms with van der Waals surface area (Å²) in [4.78, 5) is 12.4. The van der Waals surface area contributed by atoms with E-state index in [-0.39, 0.29) is 5.91 Å². The topological polar surface area (TPSA) is 66.9 Å². The maximum absolute atomic E-state index is 11.7. The number of amides is 1. The average Bonchev–Trinajstić information content (AvgIpc) is 2.83. The second-order valence-corrected chi connectivity index (χ2v) is 6.31. The van der Waals surface area contributed by atoms with Gasteiger partial charge >= 0.3 is 0 Å². The molecule has 0 aromatic carbocycles. The van der Waals surface area contributed by atoms with Gasteiger partial charge in [0.2, 0.25) is 0 Å². The first-order valence-electron chi connectivity index (χ1n) is 5.73. The van der Waals surface area contributed by atoms with Crippen LogP contribution in [-0.4, -0.2) is 29.2 Å². The summed E-state index contributed by atoms with van der Waals surface area (Å²) in [5.74, 6) is 0.645. The number of halogens is 1. The molecule has 5 nitrogen and oxygen atoms in total. The summed E-state index contributed by atoms with van der Waals surface area (Å²) < 4.78 is 0.950. The summed E-state index contributed by atoms with van der Waals surface area (Å²) in [5.41, 5.74) is 0.877. The van der Waals surface area contributed by atoms with Gasteiger partial charge in [-0.2, -0.15) is 5.10 Å². The molecule has 7 heteroatoms. The molecule has 2 aromatic rings. The van der Waals surface area contributed by atoms with E-state index in [1.807, 2.05) is 25.1 Å². The van der Waals surface area contributed by atoms with Crippen LogP contribution in [0.15, 0.2) is 28.1 Å². The molecule has 2 N–H and O–H groups in total. The zero-order chi connectivity index (χ0) is 13.7. The fraction of sp³-hybridized carbons (Fsp3) is 0.250. The fourth-order valence-electron chi connectivity index (χ4n) is 1.38. The predicted octanol–water partition coefficient (Wildman–Crippen LogP) is 2.45. The Balaban J connectivity index is 1.72. The third-order valence-electron chi connectivity index (χ3n) is 2.31. The minimum Gasteiger partial charge on any atom is -0.367 e. The summed E-state index contributed by atoms with van der Waals surface area (Å²) in [7, 11) is 0. The van der Waals surface area contributed by atoms with Gasteiger partial charge in [-0.3, -0.25) is 4.79 Å². The second-order valence-electron chi connectivity index (χ2n) is 3.85. The second kappa shape index (κ2) is 6.63. The maximum Gasteiger partial charge on any atom is 0.261 e. The van der Waals surface area contributed by atoms with Crippen molar-refractivity contribution in [1.82, 2.24) is 15.5 Å². The fourth-order valence-corrected chi connectivity index (χ4v) is 2.69. The van der Waals surface area contributed by atoms with E-state index >= 15 is 0 Å². The van der Waals surface area contributed by atoms with E-state index in [0.29, 0.717) is 23.8 Å². The Hall–Kier alpha value is -1.47. The van der Waals surface area contributed by atoms with Gasteiger partial charge in [-0.15, -0.1) is 16.4 Å². The van der Waals surface area contributed by atoms with Gasteiger partial charge in [0.15, 0.2) is 0 Å². The van der Waals surface area contributed by atoms with Crippen LogP contribution in [0, 0.1) is 6.92 Å². The number of carbonyl (C=O) groups excluding carboxylic acids is 1. The molecule has 2 rings (SSSR count). The van der Waals surface area contributed by atoms with Crippen molar-refractivity contribution < 1.29 is 4.79 Å². The van der Waals surface area contributed by atoms with Crippen LogP contribution in [0.4, 0.5) is 5.82 Å². The number of hydrogen-bond acceptors (Lipinski definition) is 5. The van der Waals surface area contributed by atoms with Crippen molar-refractivity contribution in [1.29, 1.82) is 0 Å². The molecule has 0 radical (unpaired) electrons. The zero-order valence-corrected chi connectivity index (χ0v) is 12.7. The summed E-state index contributed by atoms with van der Waals surface area (Å²) in [6, 6.07) is 7.40. The van der Waals surface area contributed by atoms with Gasteiger partial charge in [-0.25, -0.2) is 0 Å². The Morgan fingerprint density at radius 1 is 1.26 bits per heavy atom. The van der Waals surface area contributed by atoms with Crippen LogP contribution in [0.2, 0.25) is 0 Å². The van der Waals surface area contributed by atoms with Crippen molar-refractivity contribution in [3.63, 3.8) is 0 Å². The van der Waals surface area contributed by atoms with Gasteiger partial charge in [0, 0.05) is 13.1 Å². The van der Waals surface area contributed by atoms with Crippen molar-refractivity contribution in [2.75, 3.05) is 18.4 Å². The van der Waals surface area contributed by atoms with Gasteiger partial charge in [0.1, 0.15) is 5.82 Å². The molecule has 2 aromatic heterocycles. The van der Waals surface area contributed by atoms with E-state index in [9.17, 15) is 4.79 Å². The number of nitrogens with zero attached hydrogens (tertiary/aromatic N) is 2. The number of rotatable bonds is 5. The molecule has 0 atom stereocenters. The Kier molecular flexibility index (Phi) is 4.86. The van der Waals surface area contributed by atoms with Gasteiger partial charge in [0.25, 0.3) is 5.91 Å². The lowest BCUT2D eigenvalue weighted by molar-refractivity contribution is 0.0959. The summed E-state index contributed by atoms with van der Waals surface area (Å²) in [6.07, 6.45) is 0. The number of aryl methyl sites for hydroxylation is 1. The highest BCUT2D eigenvalue weighted by Crippen LogP contribution is 2.21. The lowest BCUT2D eigenvalue weighted by Gasteiger charge is -2.06. The molecule has 2 heterocycles. The van der Waals surface area contributed by atoms with Crippen LogP contribution in [0.25, 0.3) is 0 Å². The normalized spacial score (nSPS) is 10.2. The number of aromatic nitrogens is 2. The monoisotopic (exact) mass is 340 g/mol.